The Hall–Kier alpha value is -0.300. The minimum Gasteiger partial charge on any atom is -0.396 e. The van der Waals surface area contributed by atoms with Gasteiger partial charge in [0.2, 0.25) is 0 Å². The molecule has 1 N–H and O–H groups in total. The van der Waals surface area contributed by atoms with Crippen molar-refractivity contribution in [3.63, 3.8) is 0 Å². The molecule has 2 fully saturated rings. The van der Waals surface area contributed by atoms with Crippen LogP contribution < -0.4 is 0 Å². The van der Waals surface area contributed by atoms with Crippen LogP contribution in [0.4, 0.5) is 0 Å². The topological polar surface area (TPSA) is 20.2 Å². The second kappa shape index (κ2) is 3.87. The first kappa shape index (κ1) is 12.2. The van der Waals surface area contributed by atoms with Gasteiger partial charge in [0, 0.05) is 5.92 Å². The molecular weight excluding hydrogens is 196 g/mol. The van der Waals surface area contributed by atoms with Crippen molar-refractivity contribution in [1.29, 1.82) is 0 Å². The van der Waals surface area contributed by atoms with Crippen molar-refractivity contribution in [3.8, 4) is 0 Å². The molecule has 2 rings (SSSR count). The van der Waals surface area contributed by atoms with E-state index in [1.165, 1.54) is 31.3 Å². The zero-order valence-electron chi connectivity index (χ0n) is 11.1. The summed E-state index contributed by atoms with van der Waals surface area (Å²) in [6.07, 6.45) is 6.32. The van der Waals surface area contributed by atoms with E-state index >= 15 is 0 Å². The van der Waals surface area contributed by atoms with Gasteiger partial charge in [0.15, 0.2) is 0 Å². The van der Waals surface area contributed by atoms with Gasteiger partial charge in [-0.3, -0.25) is 0 Å². The van der Waals surface area contributed by atoms with Crippen LogP contribution in [-0.2, 0) is 0 Å². The Morgan fingerprint density at radius 2 is 2.00 bits per heavy atom. The Balaban J connectivity index is 2.34. The fourth-order valence-electron chi connectivity index (χ4n) is 4.61. The Morgan fingerprint density at radius 3 is 2.62 bits per heavy atom. The van der Waals surface area contributed by atoms with Crippen molar-refractivity contribution in [2.45, 2.75) is 52.9 Å². The summed E-state index contributed by atoms with van der Waals surface area (Å²) in [6.45, 7) is 11.7. The van der Waals surface area contributed by atoms with Gasteiger partial charge in [0.1, 0.15) is 0 Å². The van der Waals surface area contributed by atoms with Gasteiger partial charge in [-0.05, 0) is 42.4 Å². The third kappa shape index (κ3) is 1.64. The molecule has 0 spiro atoms. The van der Waals surface area contributed by atoms with Crippen LogP contribution in [0.1, 0.15) is 52.9 Å². The van der Waals surface area contributed by atoms with Crippen molar-refractivity contribution in [1.82, 2.24) is 0 Å². The van der Waals surface area contributed by atoms with Crippen molar-refractivity contribution in [3.05, 3.63) is 12.2 Å². The van der Waals surface area contributed by atoms with E-state index in [1.54, 1.807) is 0 Å². The van der Waals surface area contributed by atoms with Crippen molar-refractivity contribution >= 4 is 0 Å². The van der Waals surface area contributed by atoms with Crippen LogP contribution in [0, 0.1) is 22.7 Å². The molecule has 16 heavy (non-hydrogen) atoms. The first-order valence-corrected chi connectivity index (χ1v) is 6.70. The summed E-state index contributed by atoms with van der Waals surface area (Å²) in [4.78, 5) is 0. The van der Waals surface area contributed by atoms with Crippen LogP contribution in [0.5, 0.6) is 0 Å². The van der Waals surface area contributed by atoms with E-state index in [4.69, 9.17) is 0 Å². The molecule has 0 aromatic carbocycles. The monoisotopic (exact) mass is 222 g/mol. The average molecular weight is 222 g/mol. The molecule has 0 bridgehead atoms. The molecular formula is C15H26O. The number of hydrogen-bond donors (Lipinski definition) is 1. The Kier molecular flexibility index (Phi) is 2.94. The smallest absolute Gasteiger partial charge is 0.0501 e. The molecule has 1 nitrogen and oxygen atoms in total. The zero-order valence-corrected chi connectivity index (χ0v) is 11.1. The van der Waals surface area contributed by atoms with Crippen LogP contribution in [-0.4, -0.2) is 11.7 Å². The van der Waals surface area contributed by atoms with Gasteiger partial charge in [-0.15, -0.1) is 0 Å². The van der Waals surface area contributed by atoms with E-state index in [0.717, 1.165) is 12.3 Å². The van der Waals surface area contributed by atoms with Crippen molar-refractivity contribution < 1.29 is 5.11 Å². The van der Waals surface area contributed by atoms with E-state index in [2.05, 4.69) is 27.4 Å². The van der Waals surface area contributed by atoms with Crippen LogP contribution in [0.2, 0.25) is 0 Å². The van der Waals surface area contributed by atoms with E-state index in [0.29, 0.717) is 23.4 Å². The lowest BCUT2D eigenvalue weighted by atomic mass is 9.48. The molecule has 0 amide bonds. The van der Waals surface area contributed by atoms with Crippen LogP contribution in [0.15, 0.2) is 12.2 Å². The lowest BCUT2D eigenvalue weighted by Crippen LogP contribution is -2.50. The maximum Gasteiger partial charge on any atom is 0.0501 e. The summed E-state index contributed by atoms with van der Waals surface area (Å²) in [5.74, 6) is 1.10. The third-order valence-electron chi connectivity index (χ3n) is 5.50. The highest BCUT2D eigenvalue weighted by molar-refractivity contribution is 5.15. The Morgan fingerprint density at radius 1 is 1.31 bits per heavy atom. The number of aliphatic hydroxyl groups is 1. The number of rotatable bonds is 1. The average Bonchev–Trinajstić information content (AvgIpc) is 2.15. The highest BCUT2D eigenvalue weighted by Crippen LogP contribution is 2.60. The first-order valence-electron chi connectivity index (χ1n) is 6.70. The minimum atomic E-state index is 0.294. The van der Waals surface area contributed by atoms with E-state index in [9.17, 15) is 5.11 Å². The molecule has 0 saturated heterocycles. The Bertz CT molecular complexity index is 292. The van der Waals surface area contributed by atoms with Crippen LogP contribution in [0.3, 0.4) is 0 Å². The van der Waals surface area contributed by atoms with Gasteiger partial charge in [0.05, 0.1) is 6.61 Å². The summed E-state index contributed by atoms with van der Waals surface area (Å²) in [5.41, 5.74) is 2.03. The molecule has 0 unspecified atom stereocenters. The quantitative estimate of drug-likeness (QED) is 0.669. The summed E-state index contributed by atoms with van der Waals surface area (Å²) in [6, 6.07) is 0. The van der Waals surface area contributed by atoms with Gasteiger partial charge in [-0.1, -0.05) is 39.3 Å². The molecule has 0 aliphatic heterocycles. The standard InChI is InChI=1S/C15H26O/c1-11-6-7-13-14(2,3)8-5-9-15(13,4)12(11)10-16/h12-13,16H,1,5-10H2,2-4H3/t12-,13-,15+/m1/s1. The maximum atomic E-state index is 9.67. The van der Waals surface area contributed by atoms with Gasteiger partial charge in [-0.2, -0.15) is 0 Å². The largest absolute Gasteiger partial charge is 0.396 e. The van der Waals surface area contributed by atoms with Crippen molar-refractivity contribution in [2.24, 2.45) is 22.7 Å². The summed E-state index contributed by atoms with van der Waals surface area (Å²) >= 11 is 0. The molecule has 2 saturated carbocycles. The molecule has 0 radical (unpaired) electrons. The minimum absolute atomic E-state index is 0.294. The molecule has 0 aromatic rings. The second-order valence-electron chi connectivity index (χ2n) is 6.83. The molecule has 2 aliphatic rings. The van der Waals surface area contributed by atoms with E-state index in [-0.39, 0.29) is 0 Å². The van der Waals surface area contributed by atoms with Crippen LogP contribution >= 0.6 is 0 Å². The summed E-state index contributed by atoms with van der Waals surface area (Å²) < 4.78 is 0. The molecule has 0 heterocycles. The summed E-state index contributed by atoms with van der Waals surface area (Å²) in [5, 5.41) is 9.67. The lowest BCUT2D eigenvalue weighted by Gasteiger charge is -2.57. The number of aliphatic hydroxyl groups excluding tert-OH is 1. The van der Waals surface area contributed by atoms with Gasteiger partial charge in [0.25, 0.3) is 0 Å². The van der Waals surface area contributed by atoms with E-state index in [1.807, 2.05) is 0 Å². The molecule has 1 heteroatoms. The van der Waals surface area contributed by atoms with Crippen molar-refractivity contribution in [2.75, 3.05) is 6.61 Å². The third-order valence-corrected chi connectivity index (χ3v) is 5.50. The zero-order chi connectivity index (χ0) is 12.0. The Labute approximate surface area is 99.9 Å². The predicted molar refractivity (Wildman–Crippen MR) is 68.2 cm³/mol. The highest BCUT2D eigenvalue weighted by atomic mass is 16.3. The molecule has 0 aromatic heterocycles. The van der Waals surface area contributed by atoms with E-state index < -0.39 is 0 Å². The lowest BCUT2D eigenvalue weighted by molar-refractivity contribution is -0.0651. The number of hydrogen-bond acceptors (Lipinski definition) is 1. The highest BCUT2D eigenvalue weighted by Gasteiger charge is 2.52. The normalized spacial score (nSPS) is 42.9. The van der Waals surface area contributed by atoms with Gasteiger partial charge in [-0.25, -0.2) is 0 Å². The first-order chi connectivity index (χ1) is 7.42. The second-order valence-corrected chi connectivity index (χ2v) is 6.83. The fraction of sp³-hybridized carbons (Fsp3) is 0.867. The van der Waals surface area contributed by atoms with Crippen LogP contribution in [0.25, 0.3) is 0 Å². The molecule has 92 valence electrons. The predicted octanol–water partition coefficient (Wildman–Crippen LogP) is 3.78. The SMILES string of the molecule is C=C1CC[C@@H]2C(C)(C)CCC[C@@]2(C)[C@@H]1CO. The number of fused-ring (bicyclic) bond motifs is 1. The maximum absolute atomic E-state index is 9.67. The van der Waals surface area contributed by atoms with Gasteiger partial charge >= 0.3 is 0 Å². The summed E-state index contributed by atoms with van der Waals surface area (Å²) in [7, 11) is 0. The molecule has 3 atom stereocenters. The van der Waals surface area contributed by atoms with Gasteiger partial charge < -0.3 is 5.11 Å². The fourth-order valence-corrected chi connectivity index (χ4v) is 4.61. The molecule has 2 aliphatic carbocycles.